The molecular weight excluding hydrogens is 399 g/mol. The standard InChI is InChI=1S/C19H20F4O4S/c1-18-7-6-13-12-5-3-11(27-28(25,26)19(21,22)23)8-10(12)2-4-14(13)15(18)9-16(20)17(18)24/h3,5,8,13-16H,2,4,6-7,9H2,1H3/t13-,14-,15+,16+,18+/m1/s1/i20-1. The molecule has 2 saturated carbocycles. The minimum Gasteiger partial charge on any atom is -0.376 e. The van der Waals surface area contributed by atoms with Gasteiger partial charge in [-0.15, -0.1) is 0 Å². The summed E-state index contributed by atoms with van der Waals surface area (Å²) in [6.07, 6.45) is 1.31. The van der Waals surface area contributed by atoms with Crippen molar-refractivity contribution >= 4 is 15.9 Å². The van der Waals surface area contributed by atoms with Gasteiger partial charge in [0.15, 0.2) is 12.0 Å². The summed E-state index contributed by atoms with van der Waals surface area (Å²) in [7, 11) is -5.71. The van der Waals surface area contributed by atoms with Crippen molar-refractivity contribution in [1.82, 2.24) is 0 Å². The first-order valence-electron chi connectivity index (χ1n) is 9.26. The summed E-state index contributed by atoms with van der Waals surface area (Å²) < 4.78 is 78.4. The van der Waals surface area contributed by atoms with Crippen molar-refractivity contribution in [3.63, 3.8) is 0 Å². The summed E-state index contributed by atoms with van der Waals surface area (Å²) in [5, 5.41) is 0. The van der Waals surface area contributed by atoms with Crippen molar-refractivity contribution in [1.29, 1.82) is 0 Å². The Hall–Kier alpha value is -1.64. The van der Waals surface area contributed by atoms with Crippen molar-refractivity contribution in [2.24, 2.45) is 17.3 Å². The summed E-state index contributed by atoms with van der Waals surface area (Å²) in [5.41, 5.74) is -4.44. The molecule has 9 heteroatoms. The first kappa shape index (κ1) is 19.7. The average Bonchev–Trinajstić information content (AvgIpc) is 2.84. The van der Waals surface area contributed by atoms with Crippen molar-refractivity contribution in [2.75, 3.05) is 0 Å². The van der Waals surface area contributed by atoms with Gasteiger partial charge in [0.2, 0.25) is 0 Å². The Labute approximate surface area is 160 Å². The summed E-state index contributed by atoms with van der Waals surface area (Å²) in [6, 6.07) is 4.19. The molecule has 2 fully saturated rings. The van der Waals surface area contributed by atoms with E-state index in [0.717, 1.165) is 11.1 Å². The third-order valence-electron chi connectivity index (χ3n) is 6.89. The molecule has 0 heterocycles. The van der Waals surface area contributed by atoms with Crippen molar-refractivity contribution in [3.8, 4) is 5.75 Å². The molecule has 0 radical (unpaired) electrons. The summed E-state index contributed by atoms with van der Waals surface area (Å²) in [6.45, 7) is 1.85. The van der Waals surface area contributed by atoms with Crippen molar-refractivity contribution in [3.05, 3.63) is 29.3 Å². The van der Waals surface area contributed by atoms with Crippen LogP contribution in [0.15, 0.2) is 18.2 Å². The van der Waals surface area contributed by atoms with Gasteiger partial charge in [-0.3, -0.25) is 4.79 Å². The van der Waals surface area contributed by atoms with Crippen LogP contribution in [0.5, 0.6) is 5.75 Å². The van der Waals surface area contributed by atoms with Crippen LogP contribution in [0, 0.1) is 17.3 Å². The van der Waals surface area contributed by atoms with Gasteiger partial charge in [0, 0.05) is 5.41 Å². The molecule has 0 unspecified atom stereocenters. The number of ketones is 1. The van der Waals surface area contributed by atoms with Gasteiger partial charge in [-0.05, 0) is 73.1 Å². The summed E-state index contributed by atoms with van der Waals surface area (Å²) in [5.74, 6) is -0.476. The molecular formula is C19H20F4O4S. The molecule has 0 amide bonds. The quantitative estimate of drug-likeness (QED) is 0.408. The van der Waals surface area contributed by atoms with Crippen LogP contribution in [0.4, 0.5) is 17.6 Å². The van der Waals surface area contributed by atoms with E-state index in [-0.39, 0.29) is 35.7 Å². The lowest BCUT2D eigenvalue weighted by atomic mass is 9.55. The molecule has 0 spiro atoms. The van der Waals surface area contributed by atoms with Crippen LogP contribution < -0.4 is 4.18 Å². The molecule has 4 rings (SSSR count). The van der Waals surface area contributed by atoms with Crippen LogP contribution in [0.25, 0.3) is 0 Å². The molecule has 0 aromatic heterocycles. The summed E-state index contributed by atoms with van der Waals surface area (Å²) >= 11 is 0. The molecule has 0 saturated heterocycles. The number of hydrogen-bond donors (Lipinski definition) is 0. The van der Waals surface area contributed by atoms with E-state index in [2.05, 4.69) is 4.18 Å². The van der Waals surface area contributed by atoms with Gasteiger partial charge in [-0.25, -0.2) is 4.39 Å². The van der Waals surface area contributed by atoms with E-state index in [0.29, 0.717) is 25.7 Å². The van der Waals surface area contributed by atoms with Crippen LogP contribution in [-0.2, 0) is 21.3 Å². The molecule has 0 N–H and O–H groups in total. The van der Waals surface area contributed by atoms with Gasteiger partial charge in [0.1, 0.15) is 5.75 Å². The lowest BCUT2D eigenvalue weighted by molar-refractivity contribution is -0.132. The number of alkyl halides is 4. The van der Waals surface area contributed by atoms with E-state index in [1.165, 1.54) is 12.1 Å². The van der Waals surface area contributed by atoms with Gasteiger partial charge in [-0.2, -0.15) is 21.6 Å². The summed E-state index contributed by atoms with van der Waals surface area (Å²) in [4.78, 5) is 12.3. The van der Waals surface area contributed by atoms with Crippen LogP contribution in [-0.4, -0.2) is 25.9 Å². The lowest BCUT2D eigenvalue weighted by Crippen LogP contribution is -2.42. The monoisotopic (exact) mass is 419 g/mol. The second-order valence-corrected chi connectivity index (χ2v) is 9.82. The third-order valence-corrected chi connectivity index (χ3v) is 7.86. The Morgan fingerprint density at radius 3 is 2.61 bits per heavy atom. The first-order valence-corrected chi connectivity index (χ1v) is 10.7. The second kappa shape index (κ2) is 6.18. The molecule has 5 atom stereocenters. The number of aryl methyl sites for hydroxylation is 1. The fourth-order valence-corrected chi connectivity index (χ4v) is 5.98. The van der Waals surface area contributed by atoms with Crippen LogP contribution in [0.2, 0.25) is 0 Å². The maximum absolute atomic E-state index is 14.1. The Balaban J connectivity index is 1.61. The Morgan fingerprint density at radius 1 is 1.21 bits per heavy atom. The normalized spacial score (nSPS) is 35.1. The number of rotatable bonds is 2. The topological polar surface area (TPSA) is 60.4 Å². The fourth-order valence-electron chi connectivity index (χ4n) is 5.53. The molecule has 1 aromatic carbocycles. The smallest absolute Gasteiger partial charge is 0.376 e. The van der Waals surface area contributed by atoms with Gasteiger partial charge in [-0.1, -0.05) is 13.0 Å². The fraction of sp³-hybridized carbons (Fsp3) is 0.632. The molecule has 0 aliphatic heterocycles. The first-order chi connectivity index (χ1) is 12.9. The maximum Gasteiger partial charge on any atom is 0.534 e. The number of carbonyl (C=O) groups is 1. The van der Waals surface area contributed by atoms with Crippen LogP contribution >= 0.6 is 0 Å². The van der Waals surface area contributed by atoms with Gasteiger partial charge >= 0.3 is 15.6 Å². The SMILES string of the molecule is C[C@]12CC[C@@H]3c4ccc(OS(=O)(=O)C(F)(F)F)cc4CC[C@H]3[C@@H]1C[C@H]([18F])C2=O. The van der Waals surface area contributed by atoms with E-state index < -0.39 is 27.2 Å². The number of fused-ring (bicyclic) bond motifs is 5. The average molecular weight is 419 g/mol. The van der Waals surface area contributed by atoms with Crippen LogP contribution in [0.1, 0.15) is 49.7 Å². The largest absolute Gasteiger partial charge is 0.534 e. The predicted octanol–water partition coefficient (Wildman–Crippen LogP) is 4.29. The van der Waals surface area contributed by atoms with E-state index in [9.17, 15) is 30.8 Å². The molecule has 28 heavy (non-hydrogen) atoms. The molecule has 154 valence electrons. The zero-order chi connectivity index (χ0) is 20.5. The van der Waals surface area contributed by atoms with Crippen molar-refractivity contribution in [2.45, 2.75) is 56.6 Å². The predicted molar refractivity (Wildman–Crippen MR) is 91.9 cm³/mol. The van der Waals surface area contributed by atoms with Gasteiger partial charge in [0.05, 0.1) is 0 Å². The minimum atomic E-state index is -5.71. The molecule has 3 aliphatic carbocycles. The molecule has 1 aromatic rings. The van der Waals surface area contributed by atoms with E-state index >= 15 is 0 Å². The third kappa shape index (κ3) is 2.84. The number of benzene rings is 1. The van der Waals surface area contributed by atoms with Gasteiger partial charge < -0.3 is 4.18 Å². The number of carbonyl (C=O) groups excluding carboxylic acids is 1. The zero-order valence-corrected chi connectivity index (χ0v) is 15.9. The number of Topliss-reactive ketones (excluding diaryl/α,β-unsaturated/α-hetero) is 1. The Kier molecular flexibility index (Phi) is 4.34. The number of hydrogen-bond acceptors (Lipinski definition) is 4. The molecule has 3 aliphatic rings. The lowest BCUT2D eigenvalue weighted by Gasteiger charge is -2.48. The highest BCUT2D eigenvalue weighted by molar-refractivity contribution is 7.88. The highest BCUT2D eigenvalue weighted by Crippen LogP contribution is 2.60. The second-order valence-electron chi connectivity index (χ2n) is 8.28. The maximum atomic E-state index is 14.1. The molecule has 4 nitrogen and oxygen atoms in total. The Bertz CT molecular complexity index is 926. The zero-order valence-electron chi connectivity index (χ0n) is 15.1. The highest BCUT2D eigenvalue weighted by Gasteiger charge is 2.58. The Morgan fingerprint density at radius 2 is 1.93 bits per heavy atom. The number of halogens is 4. The van der Waals surface area contributed by atoms with E-state index in [1.807, 2.05) is 6.92 Å². The van der Waals surface area contributed by atoms with Crippen LogP contribution in [0.3, 0.4) is 0 Å². The van der Waals surface area contributed by atoms with Gasteiger partial charge in [0.25, 0.3) is 0 Å². The van der Waals surface area contributed by atoms with E-state index in [1.54, 1.807) is 6.07 Å². The molecule has 0 bridgehead atoms. The minimum absolute atomic E-state index is 0.0385. The highest BCUT2D eigenvalue weighted by atomic mass is 32.2. The van der Waals surface area contributed by atoms with E-state index in [4.69, 9.17) is 0 Å². The van der Waals surface area contributed by atoms with Crippen molar-refractivity contribution < 1.29 is 35.0 Å².